The topological polar surface area (TPSA) is 71.5 Å². The van der Waals surface area contributed by atoms with E-state index < -0.39 is 17.9 Å². The monoisotopic (exact) mass is 270 g/mol. The third-order valence-corrected chi connectivity index (χ3v) is 2.16. The van der Waals surface area contributed by atoms with E-state index in [0.717, 1.165) is 0 Å². The molecule has 1 amide bonds. The smallest absolute Gasteiger partial charge is 0.413 e. The van der Waals surface area contributed by atoms with Gasteiger partial charge in [0.25, 0.3) is 0 Å². The minimum absolute atomic E-state index is 0.00981. The van der Waals surface area contributed by atoms with Crippen LogP contribution in [0.25, 0.3) is 0 Å². The Bertz CT molecular complexity index is 432. The van der Waals surface area contributed by atoms with E-state index in [1.54, 1.807) is 20.8 Å². The lowest BCUT2D eigenvalue weighted by Crippen LogP contribution is -2.27. The minimum Gasteiger partial charge on any atom is -0.444 e. The first-order valence-corrected chi connectivity index (χ1v) is 6.02. The number of alkyl halides is 1. The number of amides is 1. The summed E-state index contributed by atoms with van der Waals surface area (Å²) in [6.07, 6.45) is -0.524. The normalized spacial score (nSPS) is 12.9. The van der Waals surface area contributed by atoms with Crippen molar-refractivity contribution < 1.29 is 19.0 Å². The van der Waals surface area contributed by atoms with Gasteiger partial charge >= 0.3 is 6.09 Å². The van der Waals surface area contributed by atoms with Gasteiger partial charge in [0.2, 0.25) is 0 Å². The van der Waals surface area contributed by atoms with Gasteiger partial charge in [0, 0.05) is 19.2 Å². The SMILES string of the molecule is CC(C)(C)OC(=O)Nc1cc(C(F)CCO)ccn1. The van der Waals surface area contributed by atoms with Crippen LogP contribution in [0.3, 0.4) is 0 Å². The third-order valence-electron chi connectivity index (χ3n) is 2.16. The predicted octanol–water partition coefficient (Wildman–Crippen LogP) is 2.82. The van der Waals surface area contributed by atoms with E-state index in [-0.39, 0.29) is 18.8 Å². The highest BCUT2D eigenvalue weighted by Crippen LogP contribution is 2.22. The Labute approximate surface area is 111 Å². The molecule has 0 spiro atoms. The Hall–Kier alpha value is -1.69. The first-order chi connectivity index (χ1) is 8.81. The molecule has 0 bridgehead atoms. The standard InChI is InChI=1S/C13H19FN2O3/c1-13(2,3)19-12(18)16-11-8-9(4-6-15-11)10(14)5-7-17/h4,6,8,10,17H,5,7H2,1-3H3,(H,15,16,18). The van der Waals surface area contributed by atoms with Crippen molar-refractivity contribution in [3.63, 3.8) is 0 Å². The molecule has 1 heterocycles. The van der Waals surface area contributed by atoms with Crippen LogP contribution in [0.15, 0.2) is 18.3 Å². The molecule has 19 heavy (non-hydrogen) atoms. The van der Waals surface area contributed by atoms with Crippen molar-refractivity contribution in [3.8, 4) is 0 Å². The van der Waals surface area contributed by atoms with Crippen LogP contribution in [0, 0.1) is 0 Å². The number of pyridine rings is 1. The van der Waals surface area contributed by atoms with E-state index in [4.69, 9.17) is 9.84 Å². The number of carbonyl (C=O) groups is 1. The van der Waals surface area contributed by atoms with E-state index in [1.807, 2.05) is 0 Å². The van der Waals surface area contributed by atoms with E-state index in [9.17, 15) is 9.18 Å². The number of nitrogens with one attached hydrogen (secondary N) is 1. The summed E-state index contributed by atoms with van der Waals surface area (Å²) in [5.41, 5.74) is -0.253. The molecule has 5 nitrogen and oxygen atoms in total. The van der Waals surface area contributed by atoms with Gasteiger partial charge in [0.1, 0.15) is 17.6 Å². The van der Waals surface area contributed by atoms with E-state index in [0.29, 0.717) is 5.56 Å². The lowest BCUT2D eigenvalue weighted by Gasteiger charge is -2.19. The maximum atomic E-state index is 13.6. The molecule has 0 fully saturated rings. The highest BCUT2D eigenvalue weighted by Gasteiger charge is 2.17. The lowest BCUT2D eigenvalue weighted by molar-refractivity contribution is 0.0635. The number of aliphatic hydroxyl groups excluding tert-OH is 1. The van der Waals surface area contributed by atoms with Crippen molar-refractivity contribution >= 4 is 11.9 Å². The fourth-order valence-corrected chi connectivity index (χ4v) is 1.40. The summed E-state index contributed by atoms with van der Waals surface area (Å²) in [4.78, 5) is 15.4. The van der Waals surface area contributed by atoms with Crippen LogP contribution in [0.4, 0.5) is 15.0 Å². The highest BCUT2D eigenvalue weighted by molar-refractivity contribution is 5.83. The highest BCUT2D eigenvalue weighted by atomic mass is 19.1. The summed E-state index contributed by atoms with van der Waals surface area (Å²) in [5.74, 6) is 0.215. The molecule has 1 rings (SSSR count). The maximum Gasteiger partial charge on any atom is 0.413 e. The molecule has 0 aromatic carbocycles. The number of aliphatic hydroxyl groups is 1. The molecule has 0 saturated heterocycles. The molecule has 0 saturated carbocycles. The summed E-state index contributed by atoms with van der Waals surface area (Å²) >= 11 is 0. The van der Waals surface area contributed by atoms with Gasteiger partial charge in [-0.15, -0.1) is 0 Å². The molecule has 0 aliphatic rings. The Morgan fingerprint density at radius 1 is 1.58 bits per heavy atom. The molecule has 6 heteroatoms. The van der Waals surface area contributed by atoms with Gasteiger partial charge in [-0.2, -0.15) is 0 Å². The van der Waals surface area contributed by atoms with Crippen molar-refractivity contribution in [1.29, 1.82) is 0 Å². The van der Waals surface area contributed by atoms with Gasteiger partial charge in [-0.05, 0) is 38.5 Å². The average Bonchev–Trinajstić information content (AvgIpc) is 2.27. The number of hydrogen-bond acceptors (Lipinski definition) is 4. The average molecular weight is 270 g/mol. The summed E-state index contributed by atoms with van der Waals surface area (Å²) in [6.45, 7) is 5.00. The quantitative estimate of drug-likeness (QED) is 0.882. The fourth-order valence-electron chi connectivity index (χ4n) is 1.40. The molecule has 0 aliphatic carbocycles. The summed E-state index contributed by atoms with van der Waals surface area (Å²) in [5, 5.41) is 11.1. The molecule has 1 atom stereocenters. The maximum absolute atomic E-state index is 13.6. The van der Waals surface area contributed by atoms with Crippen molar-refractivity contribution in [2.45, 2.75) is 39.0 Å². The van der Waals surface area contributed by atoms with Crippen LogP contribution in [0.2, 0.25) is 0 Å². The van der Waals surface area contributed by atoms with E-state index in [1.165, 1.54) is 18.3 Å². The Balaban J connectivity index is 2.69. The molecular weight excluding hydrogens is 251 g/mol. The summed E-state index contributed by atoms with van der Waals surface area (Å²) < 4.78 is 18.7. The van der Waals surface area contributed by atoms with Gasteiger partial charge in [0.05, 0.1) is 0 Å². The molecule has 1 aromatic rings. The van der Waals surface area contributed by atoms with Crippen molar-refractivity contribution in [2.75, 3.05) is 11.9 Å². The van der Waals surface area contributed by atoms with Gasteiger partial charge < -0.3 is 9.84 Å². The zero-order chi connectivity index (χ0) is 14.5. The number of carbonyl (C=O) groups excluding carboxylic acids is 1. The number of aromatic nitrogens is 1. The van der Waals surface area contributed by atoms with Crippen LogP contribution in [0.1, 0.15) is 38.9 Å². The molecule has 2 N–H and O–H groups in total. The van der Waals surface area contributed by atoms with Crippen LogP contribution in [-0.2, 0) is 4.74 Å². The second kappa shape index (κ2) is 6.47. The van der Waals surface area contributed by atoms with Crippen LogP contribution < -0.4 is 5.32 Å². The van der Waals surface area contributed by atoms with E-state index in [2.05, 4.69) is 10.3 Å². The Kier molecular flexibility index (Phi) is 5.23. The lowest BCUT2D eigenvalue weighted by atomic mass is 10.1. The minimum atomic E-state index is -1.29. The zero-order valence-corrected chi connectivity index (χ0v) is 11.3. The number of halogens is 1. The first kappa shape index (κ1) is 15.4. The molecule has 1 aromatic heterocycles. The van der Waals surface area contributed by atoms with Crippen molar-refractivity contribution in [2.24, 2.45) is 0 Å². The van der Waals surface area contributed by atoms with Gasteiger partial charge in [0.15, 0.2) is 0 Å². The number of nitrogens with zero attached hydrogens (tertiary/aromatic N) is 1. The number of ether oxygens (including phenoxy) is 1. The Morgan fingerprint density at radius 2 is 2.26 bits per heavy atom. The van der Waals surface area contributed by atoms with Crippen LogP contribution in [0.5, 0.6) is 0 Å². The van der Waals surface area contributed by atoms with Gasteiger partial charge in [-0.3, -0.25) is 5.32 Å². The number of anilines is 1. The summed E-state index contributed by atoms with van der Waals surface area (Å²) in [6, 6.07) is 2.92. The number of rotatable bonds is 4. The number of hydrogen-bond donors (Lipinski definition) is 2. The predicted molar refractivity (Wildman–Crippen MR) is 69.6 cm³/mol. The van der Waals surface area contributed by atoms with Gasteiger partial charge in [-0.25, -0.2) is 14.2 Å². The summed E-state index contributed by atoms with van der Waals surface area (Å²) in [7, 11) is 0. The molecule has 106 valence electrons. The van der Waals surface area contributed by atoms with E-state index >= 15 is 0 Å². The first-order valence-electron chi connectivity index (χ1n) is 6.02. The van der Waals surface area contributed by atoms with Crippen molar-refractivity contribution in [3.05, 3.63) is 23.9 Å². The second-order valence-electron chi connectivity index (χ2n) is 5.08. The third kappa shape index (κ3) is 5.65. The molecule has 1 unspecified atom stereocenters. The molecule has 0 aliphatic heterocycles. The fraction of sp³-hybridized carbons (Fsp3) is 0.538. The molecular formula is C13H19FN2O3. The zero-order valence-electron chi connectivity index (χ0n) is 11.3. The molecule has 0 radical (unpaired) electrons. The van der Waals surface area contributed by atoms with Gasteiger partial charge in [-0.1, -0.05) is 0 Å². The Morgan fingerprint density at radius 3 is 2.84 bits per heavy atom. The second-order valence-corrected chi connectivity index (χ2v) is 5.08. The largest absolute Gasteiger partial charge is 0.444 e. The van der Waals surface area contributed by atoms with Crippen LogP contribution in [-0.4, -0.2) is 28.4 Å². The van der Waals surface area contributed by atoms with Crippen LogP contribution >= 0.6 is 0 Å². The van der Waals surface area contributed by atoms with Crippen molar-refractivity contribution in [1.82, 2.24) is 4.98 Å².